The zero-order chi connectivity index (χ0) is 13.4. The number of nitrogens with one attached hydrogen (secondary N) is 1. The van der Waals surface area contributed by atoms with Gasteiger partial charge in [-0.15, -0.1) is 0 Å². The van der Waals surface area contributed by atoms with E-state index in [9.17, 15) is 8.42 Å². The molecule has 0 aromatic heterocycles. The summed E-state index contributed by atoms with van der Waals surface area (Å²) in [6.45, 7) is 1.66. The van der Waals surface area contributed by atoms with Crippen LogP contribution in [0.2, 0.25) is 0 Å². The molecule has 108 valence electrons. The van der Waals surface area contributed by atoms with Crippen molar-refractivity contribution in [1.82, 2.24) is 9.03 Å². The fraction of sp³-hybridized carbons (Fsp3) is 1.00. The summed E-state index contributed by atoms with van der Waals surface area (Å²) in [5, 5.41) is 0.754. The highest BCUT2D eigenvalue weighted by atomic mass is 79.9. The van der Waals surface area contributed by atoms with Gasteiger partial charge in [0, 0.05) is 31.6 Å². The molecule has 1 N–H and O–H groups in total. The Hall–Kier alpha value is 0.310. The average Bonchev–Trinajstić information content (AvgIpc) is 2.58. The largest absolute Gasteiger partial charge is 0.383 e. The standard InChI is InChI=1S/C11H23BrN2O3S/c1-17-10-11(6-7-12)13-18(15,16)14-8-4-2-3-5-9-14/h11,13H,2-10H2,1H3. The van der Waals surface area contributed by atoms with Crippen molar-refractivity contribution in [2.75, 3.05) is 32.1 Å². The molecule has 1 rings (SSSR count). The number of methoxy groups -OCH3 is 1. The normalized spacial score (nSPS) is 20.6. The van der Waals surface area contributed by atoms with Gasteiger partial charge in [-0.2, -0.15) is 17.4 Å². The lowest BCUT2D eigenvalue weighted by atomic mass is 10.2. The van der Waals surface area contributed by atoms with E-state index < -0.39 is 10.2 Å². The number of alkyl halides is 1. The minimum absolute atomic E-state index is 0.164. The van der Waals surface area contributed by atoms with Gasteiger partial charge < -0.3 is 4.74 Å². The summed E-state index contributed by atoms with van der Waals surface area (Å²) in [5.41, 5.74) is 0. The Morgan fingerprint density at radius 3 is 2.39 bits per heavy atom. The third-order valence-electron chi connectivity index (χ3n) is 3.05. The molecule has 1 atom stereocenters. The third-order valence-corrected chi connectivity index (χ3v) is 5.18. The first kappa shape index (κ1) is 16.4. The van der Waals surface area contributed by atoms with E-state index in [4.69, 9.17) is 4.74 Å². The van der Waals surface area contributed by atoms with E-state index in [1.165, 1.54) is 0 Å². The minimum atomic E-state index is -3.37. The Kier molecular flexibility index (Phi) is 7.70. The van der Waals surface area contributed by atoms with Crippen molar-refractivity contribution in [3.8, 4) is 0 Å². The first-order chi connectivity index (χ1) is 8.60. The Morgan fingerprint density at radius 2 is 1.89 bits per heavy atom. The summed E-state index contributed by atoms with van der Waals surface area (Å²) >= 11 is 3.33. The second kappa shape index (κ2) is 8.47. The Morgan fingerprint density at radius 1 is 1.28 bits per heavy atom. The van der Waals surface area contributed by atoms with E-state index in [0.29, 0.717) is 19.7 Å². The predicted octanol–water partition coefficient (Wildman–Crippen LogP) is 1.50. The summed E-state index contributed by atoms with van der Waals surface area (Å²) in [6.07, 6.45) is 4.87. The highest BCUT2D eigenvalue weighted by molar-refractivity contribution is 9.09. The fourth-order valence-electron chi connectivity index (χ4n) is 2.08. The molecule has 0 spiro atoms. The molecule has 0 aromatic carbocycles. The van der Waals surface area contributed by atoms with Crippen LogP contribution in [0.3, 0.4) is 0 Å². The second-order valence-corrected chi connectivity index (χ2v) is 7.06. The minimum Gasteiger partial charge on any atom is -0.383 e. The van der Waals surface area contributed by atoms with E-state index in [1.807, 2.05) is 0 Å². The van der Waals surface area contributed by atoms with Crippen molar-refractivity contribution in [1.29, 1.82) is 0 Å². The summed E-state index contributed by atoms with van der Waals surface area (Å²) in [6, 6.07) is -0.164. The average molecular weight is 343 g/mol. The number of rotatable bonds is 7. The predicted molar refractivity (Wildman–Crippen MR) is 76.2 cm³/mol. The van der Waals surface area contributed by atoms with Gasteiger partial charge in [-0.3, -0.25) is 0 Å². The molecule has 1 heterocycles. The number of nitrogens with zero attached hydrogens (tertiary/aromatic N) is 1. The van der Waals surface area contributed by atoms with Crippen LogP contribution in [-0.2, 0) is 14.9 Å². The Labute approximate surface area is 119 Å². The Balaban J connectivity index is 2.59. The van der Waals surface area contributed by atoms with E-state index in [0.717, 1.165) is 37.4 Å². The molecule has 0 radical (unpaired) electrons. The van der Waals surface area contributed by atoms with Crippen LogP contribution in [0.25, 0.3) is 0 Å². The van der Waals surface area contributed by atoms with Crippen molar-refractivity contribution < 1.29 is 13.2 Å². The molecule has 7 heteroatoms. The molecule has 1 fully saturated rings. The van der Waals surface area contributed by atoms with Crippen molar-refractivity contribution in [2.45, 2.75) is 38.1 Å². The maximum absolute atomic E-state index is 12.2. The first-order valence-corrected chi connectivity index (χ1v) is 8.98. The Bertz CT molecular complexity index is 310. The molecule has 0 saturated carbocycles. The highest BCUT2D eigenvalue weighted by Gasteiger charge is 2.25. The molecule has 1 aliphatic rings. The number of halogens is 1. The van der Waals surface area contributed by atoms with Crippen LogP contribution < -0.4 is 4.72 Å². The quantitative estimate of drug-likeness (QED) is 0.713. The van der Waals surface area contributed by atoms with Crippen molar-refractivity contribution >= 4 is 26.1 Å². The summed E-state index contributed by atoms with van der Waals surface area (Å²) in [7, 11) is -1.78. The molecule has 5 nitrogen and oxygen atoms in total. The molecule has 1 saturated heterocycles. The lowest BCUT2D eigenvalue weighted by Crippen LogP contribution is -2.47. The molecule has 0 bridgehead atoms. The van der Waals surface area contributed by atoms with Crippen LogP contribution in [0.1, 0.15) is 32.1 Å². The van der Waals surface area contributed by atoms with E-state index in [2.05, 4.69) is 20.7 Å². The molecule has 0 amide bonds. The molecular weight excluding hydrogens is 320 g/mol. The van der Waals surface area contributed by atoms with Gasteiger partial charge in [0.2, 0.25) is 0 Å². The second-order valence-electron chi connectivity index (χ2n) is 4.57. The van der Waals surface area contributed by atoms with Gasteiger partial charge in [0.15, 0.2) is 0 Å². The SMILES string of the molecule is COCC(CCBr)NS(=O)(=O)N1CCCCCC1. The lowest BCUT2D eigenvalue weighted by molar-refractivity contribution is 0.172. The van der Waals surface area contributed by atoms with Crippen LogP contribution in [-0.4, -0.2) is 50.9 Å². The molecule has 0 aliphatic carbocycles. The molecular formula is C11H23BrN2O3S. The summed E-state index contributed by atoms with van der Waals surface area (Å²) in [5.74, 6) is 0. The summed E-state index contributed by atoms with van der Waals surface area (Å²) < 4.78 is 33.8. The van der Waals surface area contributed by atoms with Crippen LogP contribution in [0.4, 0.5) is 0 Å². The molecule has 1 unspecified atom stereocenters. The summed E-state index contributed by atoms with van der Waals surface area (Å²) in [4.78, 5) is 0. The van der Waals surface area contributed by atoms with Crippen LogP contribution in [0.15, 0.2) is 0 Å². The van der Waals surface area contributed by atoms with Gasteiger partial charge in [-0.05, 0) is 19.3 Å². The van der Waals surface area contributed by atoms with Gasteiger partial charge in [0.1, 0.15) is 0 Å². The van der Waals surface area contributed by atoms with Gasteiger partial charge >= 0.3 is 0 Å². The topological polar surface area (TPSA) is 58.6 Å². The molecule has 18 heavy (non-hydrogen) atoms. The smallest absolute Gasteiger partial charge is 0.279 e. The van der Waals surface area contributed by atoms with Gasteiger partial charge in [0.25, 0.3) is 10.2 Å². The van der Waals surface area contributed by atoms with Crippen LogP contribution >= 0.6 is 15.9 Å². The van der Waals surface area contributed by atoms with E-state index in [-0.39, 0.29) is 6.04 Å². The van der Waals surface area contributed by atoms with Crippen LogP contribution in [0, 0.1) is 0 Å². The van der Waals surface area contributed by atoms with Crippen molar-refractivity contribution in [3.63, 3.8) is 0 Å². The number of hydrogen-bond donors (Lipinski definition) is 1. The lowest BCUT2D eigenvalue weighted by Gasteiger charge is -2.24. The fourth-order valence-corrected chi connectivity index (χ4v) is 4.12. The zero-order valence-corrected chi connectivity index (χ0v) is 13.3. The van der Waals surface area contributed by atoms with Gasteiger partial charge in [-0.25, -0.2) is 0 Å². The number of ether oxygens (including phenoxy) is 1. The van der Waals surface area contributed by atoms with E-state index in [1.54, 1.807) is 11.4 Å². The monoisotopic (exact) mass is 342 g/mol. The van der Waals surface area contributed by atoms with Gasteiger partial charge in [0.05, 0.1) is 6.61 Å². The van der Waals surface area contributed by atoms with Crippen LogP contribution in [0.5, 0.6) is 0 Å². The maximum atomic E-state index is 12.2. The molecule has 1 aliphatic heterocycles. The highest BCUT2D eigenvalue weighted by Crippen LogP contribution is 2.13. The third kappa shape index (κ3) is 5.52. The van der Waals surface area contributed by atoms with E-state index >= 15 is 0 Å². The maximum Gasteiger partial charge on any atom is 0.279 e. The van der Waals surface area contributed by atoms with Crippen molar-refractivity contribution in [2.24, 2.45) is 0 Å². The zero-order valence-electron chi connectivity index (χ0n) is 10.9. The number of hydrogen-bond acceptors (Lipinski definition) is 3. The molecule has 0 aromatic rings. The first-order valence-electron chi connectivity index (χ1n) is 6.42. The van der Waals surface area contributed by atoms with Crippen molar-refractivity contribution in [3.05, 3.63) is 0 Å². The van der Waals surface area contributed by atoms with Gasteiger partial charge in [-0.1, -0.05) is 28.8 Å².